The van der Waals surface area contributed by atoms with Gasteiger partial charge in [0, 0.05) is 23.7 Å². The lowest BCUT2D eigenvalue weighted by Gasteiger charge is -2.15. The zero-order valence-corrected chi connectivity index (χ0v) is 9.28. The molecule has 0 aliphatic carbocycles. The Balaban J connectivity index is 2.20. The molecule has 2 N–H and O–H groups in total. The van der Waals surface area contributed by atoms with Crippen molar-refractivity contribution < 1.29 is 9.59 Å². The van der Waals surface area contributed by atoms with Crippen molar-refractivity contribution >= 4 is 29.1 Å². The second-order valence-corrected chi connectivity index (χ2v) is 4.22. The van der Waals surface area contributed by atoms with E-state index in [0.29, 0.717) is 11.6 Å². The molecule has 0 aromatic heterocycles. The fourth-order valence-electron chi connectivity index (χ4n) is 1.77. The Kier molecular flexibility index (Phi) is 2.83. The summed E-state index contributed by atoms with van der Waals surface area (Å²) in [5.74, 6) is -0.890. The van der Waals surface area contributed by atoms with Crippen molar-refractivity contribution in [1.29, 1.82) is 0 Å². The number of primary amides is 1. The molecule has 1 fully saturated rings. The molecule has 2 rings (SSSR count). The fourth-order valence-corrected chi connectivity index (χ4v) is 1.89. The summed E-state index contributed by atoms with van der Waals surface area (Å²) in [6.07, 6.45) is 0.192. The molecule has 0 unspecified atom stereocenters. The maximum atomic E-state index is 11.7. The van der Waals surface area contributed by atoms with E-state index in [0.717, 1.165) is 5.69 Å². The second kappa shape index (κ2) is 4.14. The Hall–Kier alpha value is -1.55. The van der Waals surface area contributed by atoms with Crippen LogP contribution in [0.15, 0.2) is 24.3 Å². The van der Waals surface area contributed by atoms with E-state index in [1.54, 1.807) is 29.2 Å². The smallest absolute Gasteiger partial charge is 0.227 e. The molecule has 4 nitrogen and oxygen atoms in total. The molecule has 1 heterocycles. The van der Waals surface area contributed by atoms with Crippen molar-refractivity contribution in [2.75, 3.05) is 11.4 Å². The van der Waals surface area contributed by atoms with E-state index < -0.39 is 5.91 Å². The van der Waals surface area contributed by atoms with Crippen LogP contribution in [-0.2, 0) is 9.59 Å². The molecule has 0 saturated carbocycles. The summed E-state index contributed by atoms with van der Waals surface area (Å²) >= 11 is 5.76. The van der Waals surface area contributed by atoms with Crippen molar-refractivity contribution in [2.24, 2.45) is 11.7 Å². The molecule has 1 aromatic carbocycles. The van der Waals surface area contributed by atoms with Crippen LogP contribution in [0.3, 0.4) is 0 Å². The minimum atomic E-state index is -0.426. The number of halogens is 1. The van der Waals surface area contributed by atoms with Gasteiger partial charge >= 0.3 is 0 Å². The highest BCUT2D eigenvalue weighted by molar-refractivity contribution is 6.30. The Labute approximate surface area is 98.0 Å². The minimum absolute atomic E-state index is 0.0777. The Morgan fingerprint density at radius 2 is 2.00 bits per heavy atom. The van der Waals surface area contributed by atoms with E-state index in [2.05, 4.69) is 0 Å². The van der Waals surface area contributed by atoms with Crippen LogP contribution in [0.5, 0.6) is 0 Å². The van der Waals surface area contributed by atoms with E-state index in [9.17, 15) is 9.59 Å². The lowest BCUT2D eigenvalue weighted by atomic mass is 10.1. The Bertz CT molecular complexity index is 430. The van der Waals surface area contributed by atoms with Gasteiger partial charge in [-0.2, -0.15) is 0 Å². The molecule has 16 heavy (non-hydrogen) atoms. The van der Waals surface area contributed by atoms with Gasteiger partial charge in [0.05, 0.1) is 5.92 Å². The third kappa shape index (κ3) is 2.02. The third-order valence-electron chi connectivity index (χ3n) is 2.67. The zero-order valence-electron chi connectivity index (χ0n) is 8.52. The number of carbonyl (C=O) groups excluding carboxylic acids is 2. The number of amides is 2. The van der Waals surface area contributed by atoms with Crippen LogP contribution in [0.2, 0.25) is 5.02 Å². The number of benzene rings is 1. The molecule has 1 saturated heterocycles. The lowest BCUT2D eigenvalue weighted by Crippen LogP contribution is -2.28. The molecule has 0 radical (unpaired) electrons. The minimum Gasteiger partial charge on any atom is -0.369 e. The van der Waals surface area contributed by atoms with Gasteiger partial charge < -0.3 is 10.6 Å². The number of hydrogen-bond donors (Lipinski definition) is 1. The number of nitrogens with two attached hydrogens (primary N) is 1. The van der Waals surface area contributed by atoms with Gasteiger partial charge in [-0.15, -0.1) is 0 Å². The summed E-state index contributed by atoms with van der Waals surface area (Å²) in [4.78, 5) is 24.2. The molecule has 1 aliphatic rings. The molecular weight excluding hydrogens is 228 g/mol. The number of hydrogen-bond acceptors (Lipinski definition) is 2. The van der Waals surface area contributed by atoms with Gasteiger partial charge in [0.1, 0.15) is 0 Å². The van der Waals surface area contributed by atoms with Crippen LogP contribution < -0.4 is 10.6 Å². The van der Waals surface area contributed by atoms with E-state index in [4.69, 9.17) is 17.3 Å². The van der Waals surface area contributed by atoms with Crippen LogP contribution in [-0.4, -0.2) is 18.4 Å². The van der Waals surface area contributed by atoms with E-state index in [-0.39, 0.29) is 18.2 Å². The molecule has 0 spiro atoms. The first-order valence-corrected chi connectivity index (χ1v) is 5.31. The predicted molar refractivity (Wildman–Crippen MR) is 61.1 cm³/mol. The van der Waals surface area contributed by atoms with Crippen molar-refractivity contribution in [1.82, 2.24) is 0 Å². The fraction of sp³-hybridized carbons (Fsp3) is 0.273. The van der Waals surface area contributed by atoms with Crippen LogP contribution >= 0.6 is 11.6 Å². The van der Waals surface area contributed by atoms with Crippen LogP contribution in [0, 0.1) is 5.92 Å². The van der Waals surface area contributed by atoms with Gasteiger partial charge in [-0.1, -0.05) is 11.6 Å². The monoisotopic (exact) mass is 238 g/mol. The van der Waals surface area contributed by atoms with E-state index >= 15 is 0 Å². The highest BCUT2D eigenvalue weighted by Gasteiger charge is 2.33. The van der Waals surface area contributed by atoms with E-state index in [1.807, 2.05) is 0 Å². The first-order chi connectivity index (χ1) is 7.58. The maximum Gasteiger partial charge on any atom is 0.227 e. The normalized spacial score (nSPS) is 20.2. The largest absolute Gasteiger partial charge is 0.369 e. The molecule has 0 bridgehead atoms. The van der Waals surface area contributed by atoms with Gasteiger partial charge in [0.25, 0.3) is 0 Å². The topological polar surface area (TPSA) is 63.4 Å². The number of rotatable bonds is 2. The average Bonchev–Trinajstić information content (AvgIpc) is 2.62. The number of nitrogens with zero attached hydrogens (tertiary/aromatic N) is 1. The summed E-state index contributed by atoms with van der Waals surface area (Å²) in [5.41, 5.74) is 5.93. The molecule has 5 heteroatoms. The quantitative estimate of drug-likeness (QED) is 0.841. The van der Waals surface area contributed by atoms with Crippen LogP contribution in [0.1, 0.15) is 6.42 Å². The Morgan fingerprint density at radius 1 is 1.38 bits per heavy atom. The van der Waals surface area contributed by atoms with Crippen LogP contribution in [0.25, 0.3) is 0 Å². The summed E-state index contributed by atoms with van der Waals surface area (Å²) in [6.45, 7) is 0.357. The number of carbonyl (C=O) groups is 2. The van der Waals surface area contributed by atoms with Gasteiger partial charge in [0.2, 0.25) is 11.8 Å². The summed E-state index contributed by atoms with van der Waals surface area (Å²) in [5, 5.41) is 0.613. The lowest BCUT2D eigenvalue weighted by molar-refractivity contribution is -0.123. The molecule has 2 amide bonds. The van der Waals surface area contributed by atoms with Gasteiger partial charge in [-0.25, -0.2) is 0 Å². The highest BCUT2D eigenvalue weighted by Crippen LogP contribution is 2.25. The molecular formula is C11H11ClN2O2. The SMILES string of the molecule is NC(=O)[C@@H]1CC(=O)N(c2ccc(Cl)cc2)C1. The van der Waals surface area contributed by atoms with Crippen molar-refractivity contribution in [3.63, 3.8) is 0 Å². The first kappa shape index (κ1) is 11.0. The summed E-state index contributed by atoms with van der Waals surface area (Å²) in [7, 11) is 0. The molecule has 1 aromatic rings. The zero-order chi connectivity index (χ0) is 11.7. The van der Waals surface area contributed by atoms with Gasteiger partial charge in [-0.3, -0.25) is 9.59 Å². The molecule has 1 aliphatic heterocycles. The van der Waals surface area contributed by atoms with Crippen molar-refractivity contribution in [2.45, 2.75) is 6.42 Å². The summed E-state index contributed by atoms with van der Waals surface area (Å²) in [6, 6.07) is 6.93. The average molecular weight is 239 g/mol. The molecule has 84 valence electrons. The predicted octanol–water partition coefficient (Wildman–Crippen LogP) is 1.18. The Morgan fingerprint density at radius 3 is 2.50 bits per heavy atom. The standard InChI is InChI=1S/C11H11ClN2O2/c12-8-1-3-9(4-2-8)14-6-7(11(13)16)5-10(14)15/h1-4,7H,5-6H2,(H2,13,16)/t7-/m1/s1. The van der Waals surface area contributed by atoms with Crippen molar-refractivity contribution in [3.8, 4) is 0 Å². The number of anilines is 1. The highest BCUT2D eigenvalue weighted by atomic mass is 35.5. The first-order valence-electron chi connectivity index (χ1n) is 4.93. The van der Waals surface area contributed by atoms with E-state index in [1.165, 1.54) is 0 Å². The van der Waals surface area contributed by atoms with Crippen molar-refractivity contribution in [3.05, 3.63) is 29.3 Å². The van der Waals surface area contributed by atoms with Crippen LogP contribution in [0.4, 0.5) is 5.69 Å². The third-order valence-corrected chi connectivity index (χ3v) is 2.92. The summed E-state index contributed by atoms with van der Waals surface area (Å²) < 4.78 is 0. The second-order valence-electron chi connectivity index (χ2n) is 3.78. The van der Waals surface area contributed by atoms with Gasteiger partial charge in [-0.05, 0) is 24.3 Å². The maximum absolute atomic E-state index is 11.7. The van der Waals surface area contributed by atoms with Gasteiger partial charge in [0.15, 0.2) is 0 Å². The molecule has 1 atom stereocenters.